The molecule has 1 aromatic rings. The Morgan fingerprint density at radius 1 is 1.53 bits per heavy atom. The Balaban J connectivity index is 3.07. The number of hydrogen-bond acceptors (Lipinski definition) is 4. The molecule has 15 heavy (non-hydrogen) atoms. The lowest BCUT2D eigenvalue weighted by atomic mass is 10.1. The van der Waals surface area contributed by atoms with Crippen LogP contribution in [0.25, 0.3) is 0 Å². The first-order chi connectivity index (χ1) is 6.99. The number of rotatable bonds is 4. The van der Waals surface area contributed by atoms with E-state index in [1.165, 1.54) is 0 Å². The maximum Gasteiger partial charge on any atom is 0.150 e. The third-order valence-corrected chi connectivity index (χ3v) is 2.42. The average Bonchev–Trinajstić information content (AvgIpc) is 2.42. The highest BCUT2D eigenvalue weighted by molar-refractivity contribution is 5.66. The maximum atomic E-state index is 8.88. The molecule has 0 saturated carbocycles. The molecule has 3 N–H and O–H groups in total. The van der Waals surface area contributed by atoms with E-state index in [0.717, 1.165) is 11.5 Å². The maximum absolute atomic E-state index is 8.88. The van der Waals surface area contributed by atoms with Crippen molar-refractivity contribution in [2.75, 3.05) is 30.8 Å². The Kier molecular flexibility index (Phi) is 3.57. The van der Waals surface area contributed by atoms with Crippen LogP contribution < -0.4 is 10.6 Å². The molecule has 0 radical (unpaired) electrons. The molecular weight excluding hydrogens is 192 g/mol. The second-order valence-electron chi connectivity index (χ2n) is 4.05. The van der Waals surface area contributed by atoms with E-state index < -0.39 is 0 Å². The van der Waals surface area contributed by atoms with E-state index in [9.17, 15) is 0 Å². The zero-order valence-electron chi connectivity index (χ0n) is 9.86. The number of hydrogen-bond donors (Lipinski definition) is 2. The third kappa shape index (κ3) is 2.23. The number of nitrogens with two attached hydrogens (primary N) is 1. The van der Waals surface area contributed by atoms with Crippen LogP contribution in [0.15, 0.2) is 0 Å². The Morgan fingerprint density at radius 3 is 2.53 bits per heavy atom. The lowest BCUT2D eigenvalue weighted by molar-refractivity contribution is 0.303. The molecule has 0 bridgehead atoms. The lowest BCUT2D eigenvalue weighted by Gasteiger charge is -2.18. The minimum Gasteiger partial charge on any atom is -0.395 e. The van der Waals surface area contributed by atoms with Crippen molar-refractivity contribution in [3.05, 3.63) is 5.69 Å². The van der Waals surface area contributed by atoms with Crippen molar-refractivity contribution >= 4 is 11.5 Å². The third-order valence-electron chi connectivity index (χ3n) is 2.42. The molecule has 0 saturated heterocycles. The highest BCUT2D eigenvalue weighted by Gasteiger charge is 2.18. The molecule has 0 fully saturated rings. The van der Waals surface area contributed by atoms with E-state index in [2.05, 4.69) is 18.9 Å². The zero-order chi connectivity index (χ0) is 11.6. The number of aromatic nitrogens is 2. The average molecular weight is 212 g/mol. The number of nitrogen functional groups attached to an aromatic ring is 1. The second-order valence-corrected chi connectivity index (χ2v) is 4.05. The van der Waals surface area contributed by atoms with E-state index in [1.54, 1.807) is 4.68 Å². The van der Waals surface area contributed by atoms with Gasteiger partial charge in [-0.05, 0) is 5.92 Å². The molecule has 0 atom stereocenters. The van der Waals surface area contributed by atoms with Crippen molar-refractivity contribution < 1.29 is 5.11 Å². The van der Waals surface area contributed by atoms with E-state index >= 15 is 0 Å². The summed E-state index contributed by atoms with van der Waals surface area (Å²) in [6, 6.07) is 0. The van der Waals surface area contributed by atoms with Crippen LogP contribution in [0, 0.1) is 0 Å². The van der Waals surface area contributed by atoms with Gasteiger partial charge < -0.3 is 15.7 Å². The topological polar surface area (TPSA) is 67.3 Å². The van der Waals surface area contributed by atoms with Gasteiger partial charge in [-0.2, -0.15) is 5.10 Å². The van der Waals surface area contributed by atoms with Crippen molar-refractivity contribution in [3.8, 4) is 0 Å². The van der Waals surface area contributed by atoms with E-state index in [-0.39, 0.29) is 6.61 Å². The Labute approximate surface area is 90.5 Å². The molecule has 5 nitrogen and oxygen atoms in total. The van der Waals surface area contributed by atoms with Crippen molar-refractivity contribution in [2.24, 2.45) is 7.05 Å². The van der Waals surface area contributed by atoms with Gasteiger partial charge in [-0.3, -0.25) is 4.68 Å². The quantitative estimate of drug-likeness (QED) is 0.765. The van der Waals surface area contributed by atoms with E-state index in [0.29, 0.717) is 18.2 Å². The van der Waals surface area contributed by atoms with Gasteiger partial charge in [0.25, 0.3) is 0 Å². The van der Waals surface area contributed by atoms with Crippen molar-refractivity contribution in [2.45, 2.75) is 19.8 Å². The molecule has 1 heterocycles. The van der Waals surface area contributed by atoms with Gasteiger partial charge in [0.1, 0.15) is 5.82 Å². The molecule has 0 amide bonds. The van der Waals surface area contributed by atoms with Crippen molar-refractivity contribution in [1.29, 1.82) is 0 Å². The molecule has 0 unspecified atom stereocenters. The van der Waals surface area contributed by atoms with Crippen LogP contribution >= 0.6 is 0 Å². The summed E-state index contributed by atoms with van der Waals surface area (Å²) in [5, 5.41) is 13.3. The first-order valence-electron chi connectivity index (χ1n) is 5.13. The van der Waals surface area contributed by atoms with Gasteiger partial charge in [-0.1, -0.05) is 13.8 Å². The smallest absolute Gasteiger partial charge is 0.150 e. The summed E-state index contributed by atoms with van der Waals surface area (Å²) in [4.78, 5) is 1.91. The normalized spacial score (nSPS) is 11.1. The van der Waals surface area contributed by atoms with Gasteiger partial charge in [0, 0.05) is 20.6 Å². The number of nitrogens with zero attached hydrogens (tertiary/aromatic N) is 3. The fraction of sp³-hybridized carbons (Fsp3) is 0.700. The minimum atomic E-state index is 0.109. The van der Waals surface area contributed by atoms with Crippen molar-refractivity contribution in [1.82, 2.24) is 9.78 Å². The number of aryl methyl sites for hydroxylation is 1. The molecule has 1 aromatic heterocycles. The summed E-state index contributed by atoms with van der Waals surface area (Å²) in [5.74, 6) is 1.18. The van der Waals surface area contributed by atoms with Crippen LogP contribution in [0.5, 0.6) is 0 Å². The first kappa shape index (κ1) is 11.8. The standard InChI is InChI=1S/C10H20N4O/c1-7(2)9-8(11)10(14(4)12-9)13(3)5-6-15/h7,15H,5-6,11H2,1-4H3. The predicted molar refractivity (Wildman–Crippen MR) is 62.1 cm³/mol. The molecule has 5 heteroatoms. The summed E-state index contributed by atoms with van der Waals surface area (Å²) in [5.41, 5.74) is 7.66. The fourth-order valence-corrected chi connectivity index (χ4v) is 1.69. The Morgan fingerprint density at radius 2 is 2.13 bits per heavy atom. The Bertz CT molecular complexity index is 332. The van der Waals surface area contributed by atoms with E-state index in [1.807, 2.05) is 19.0 Å². The van der Waals surface area contributed by atoms with Crippen LogP contribution in [0.4, 0.5) is 11.5 Å². The Hall–Kier alpha value is -1.23. The van der Waals surface area contributed by atoms with Crippen LogP contribution in [-0.2, 0) is 7.05 Å². The summed E-state index contributed by atoms with van der Waals surface area (Å²) in [6.45, 7) is 4.79. The number of likely N-dealkylation sites (N-methyl/N-ethyl adjacent to an activating group) is 1. The minimum absolute atomic E-state index is 0.109. The van der Waals surface area contributed by atoms with Gasteiger partial charge in [0.05, 0.1) is 18.0 Å². The second kappa shape index (κ2) is 4.53. The lowest BCUT2D eigenvalue weighted by Crippen LogP contribution is -2.24. The first-order valence-corrected chi connectivity index (χ1v) is 5.13. The van der Waals surface area contributed by atoms with Gasteiger partial charge in [0.2, 0.25) is 0 Å². The molecular formula is C10H20N4O. The van der Waals surface area contributed by atoms with Crippen LogP contribution in [0.3, 0.4) is 0 Å². The van der Waals surface area contributed by atoms with Gasteiger partial charge >= 0.3 is 0 Å². The van der Waals surface area contributed by atoms with Crippen LogP contribution in [0.1, 0.15) is 25.5 Å². The monoisotopic (exact) mass is 212 g/mol. The summed E-state index contributed by atoms with van der Waals surface area (Å²) < 4.78 is 1.76. The summed E-state index contributed by atoms with van der Waals surface area (Å²) in [7, 11) is 3.76. The molecule has 86 valence electrons. The van der Waals surface area contributed by atoms with Crippen molar-refractivity contribution in [3.63, 3.8) is 0 Å². The summed E-state index contributed by atoms with van der Waals surface area (Å²) >= 11 is 0. The van der Waals surface area contributed by atoms with Gasteiger partial charge in [-0.15, -0.1) is 0 Å². The zero-order valence-corrected chi connectivity index (χ0v) is 9.86. The highest BCUT2D eigenvalue weighted by atomic mass is 16.3. The van der Waals surface area contributed by atoms with Gasteiger partial charge in [0.15, 0.2) is 0 Å². The molecule has 0 spiro atoms. The van der Waals surface area contributed by atoms with Gasteiger partial charge in [-0.25, -0.2) is 0 Å². The number of anilines is 2. The molecule has 0 aliphatic carbocycles. The molecule has 0 aromatic carbocycles. The number of aliphatic hydroxyl groups is 1. The SMILES string of the molecule is CC(C)c1nn(C)c(N(C)CCO)c1N. The van der Waals surface area contributed by atoms with Crippen LogP contribution in [-0.4, -0.2) is 35.1 Å². The summed E-state index contributed by atoms with van der Waals surface area (Å²) in [6.07, 6.45) is 0. The molecule has 0 aliphatic heterocycles. The fourth-order valence-electron chi connectivity index (χ4n) is 1.69. The van der Waals surface area contributed by atoms with E-state index in [4.69, 9.17) is 10.8 Å². The molecule has 0 aliphatic rings. The highest BCUT2D eigenvalue weighted by Crippen LogP contribution is 2.29. The van der Waals surface area contributed by atoms with Crippen LogP contribution in [0.2, 0.25) is 0 Å². The molecule has 1 rings (SSSR count). The number of aliphatic hydroxyl groups excluding tert-OH is 1. The largest absolute Gasteiger partial charge is 0.395 e. The predicted octanol–water partition coefficient (Wildman–Crippen LogP) is 0.554.